The summed E-state index contributed by atoms with van der Waals surface area (Å²) in [5, 5.41) is 0. The van der Waals surface area contributed by atoms with Crippen molar-refractivity contribution in [1.82, 2.24) is 0 Å². The first-order chi connectivity index (χ1) is 40.5. The van der Waals surface area contributed by atoms with Crippen LogP contribution in [-0.2, 0) is 28.6 Å². The Balaban J connectivity index is 4.30. The molecule has 6 heteroatoms. The van der Waals surface area contributed by atoms with Gasteiger partial charge in [0.05, 0.1) is 0 Å². The second-order valence-corrected chi connectivity index (χ2v) is 23.4. The molecule has 6 nitrogen and oxygen atoms in total. The average Bonchev–Trinajstić information content (AvgIpc) is 3.48. The molecular formula is C76H132O6. The zero-order valence-corrected chi connectivity index (χ0v) is 54.2. The summed E-state index contributed by atoms with van der Waals surface area (Å²) in [6.45, 7) is 6.53. The molecule has 0 heterocycles. The maximum absolute atomic E-state index is 12.9. The molecule has 0 amide bonds. The zero-order valence-electron chi connectivity index (χ0n) is 54.2. The van der Waals surface area contributed by atoms with Gasteiger partial charge in [-0.1, -0.05) is 343 Å². The Hall–Kier alpha value is -3.67. The van der Waals surface area contributed by atoms with Crippen LogP contribution >= 0.6 is 0 Å². The fourth-order valence-electron chi connectivity index (χ4n) is 10.1. The van der Waals surface area contributed by atoms with E-state index in [-0.39, 0.29) is 31.1 Å². The Morgan fingerprint density at radius 2 is 0.476 bits per heavy atom. The van der Waals surface area contributed by atoms with E-state index < -0.39 is 6.10 Å². The lowest BCUT2D eigenvalue weighted by Gasteiger charge is -2.18. The van der Waals surface area contributed by atoms with Gasteiger partial charge < -0.3 is 14.2 Å². The van der Waals surface area contributed by atoms with Gasteiger partial charge in [-0.05, 0) is 83.5 Å². The van der Waals surface area contributed by atoms with Crippen molar-refractivity contribution in [2.75, 3.05) is 13.2 Å². The van der Waals surface area contributed by atoms with Gasteiger partial charge in [-0.2, -0.15) is 0 Å². The van der Waals surface area contributed by atoms with E-state index in [2.05, 4.69) is 118 Å². The van der Waals surface area contributed by atoms with E-state index in [4.69, 9.17) is 14.2 Å². The summed E-state index contributed by atoms with van der Waals surface area (Å²) >= 11 is 0. The lowest BCUT2D eigenvalue weighted by Crippen LogP contribution is -2.30. The van der Waals surface area contributed by atoms with Gasteiger partial charge in [0.25, 0.3) is 0 Å². The van der Waals surface area contributed by atoms with Crippen LogP contribution in [0.5, 0.6) is 0 Å². The van der Waals surface area contributed by atoms with Gasteiger partial charge in [0.2, 0.25) is 0 Å². The maximum atomic E-state index is 12.9. The number of carbonyl (C=O) groups is 3. The molecule has 0 aliphatic heterocycles. The van der Waals surface area contributed by atoms with Crippen molar-refractivity contribution in [3.05, 3.63) is 97.2 Å². The Labute approximate surface area is 508 Å². The number of ether oxygens (including phenoxy) is 3. The van der Waals surface area contributed by atoms with Crippen molar-refractivity contribution in [2.24, 2.45) is 0 Å². The van der Waals surface area contributed by atoms with Crippen molar-refractivity contribution in [3.63, 3.8) is 0 Å². The van der Waals surface area contributed by atoms with Gasteiger partial charge >= 0.3 is 17.9 Å². The van der Waals surface area contributed by atoms with E-state index in [0.29, 0.717) is 19.3 Å². The van der Waals surface area contributed by atoms with E-state index in [1.807, 2.05) is 0 Å². The van der Waals surface area contributed by atoms with Crippen LogP contribution in [0.3, 0.4) is 0 Å². The van der Waals surface area contributed by atoms with E-state index >= 15 is 0 Å². The predicted molar refractivity (Wildman–Crippen MR) is 357 cm³/mol. The Morgan fingerprint density at radius 1 is 0.256 bits per heavy atom. The Morgan fingerprint density at radius 3 is 0.744 bits per heavy atom. The highest BCUT2D eigenvalue weighted by molar-refractivity contribution is 5.71. The number of hydrogen-bond acceptors (Lipinski definition) is 6. The minimum Gasteiger partial charge on any atom is -0.462 e. The molecule has 0 aromatic heterocycles. The average molecular weight is 1140 g/mol. The predicted octanol–water partition coefficient (Wildman–Crippen LogP) is 24.4. The third-order valence-electron chi connectivity index (χ3n) is 15.4. The summed E-state index contributed by atoms with van der Waals surface area (Å²) in [7, 11) is 0. The van der Waals surface area contributed by atoms with Crippen LogP contribution in [-0.4, -0.2) is 37.2 Å². The normalized spacial score (nSPS) is 12.7. The van der Waals surface area contributed by atoms with Crippen LogP contribution in [0.15, 0.2) is 97.2 Å². The molecule has 0 aliphatic carbocycles. The zero-order chi connectivity index (χ0) is 59.2. The minimum atomic E-state index is -0.794. The standard InChI is InChI=1S/C76H132O6/c1-4-7-10-13-16-19-22-24-26-28-30-32-34-36-38-40-41-43-45-47-49-51-54-57-60-63-66-69-75(78)81-72-73(71-80-74(77)68-65-62-59-56-53-21-18-15-12-9-6-3)82-76(79)70-67-64-61-58-55-52-50-48-46-44-42-39-37-35-33-31-29-27-25-23-20-17-14-11-8-5-2/h7,10,16,19,24,26,30,32,36,38,41,43,47,49,54,57,73H,4-6,8-9,11-15,17-18,20-23,25,27-29,31,33-35,37,39-40,42,44-46,48,50-53,55-56,58-72H2,1-3H3/b10-7-,19-16-,26-24-,32-30-,38-36-,43-41-,49-47-,57-54-. The molecule has 0 radical (unpaired) electrons. The SMILES string of the molecule is CC/C=C\C/C=C\C/C=C\C/C=C\C/C=C\C/C=C\C/C=C\C/C=C\CCCCC(=O)OCC(COC(=O)CCCCCCCCCCCCC)OC(=O)CCCCCCCCCCCCCCCCCCCCCCCCCCCC. The number of rotatable bonds is 64. The first kappa shape index (κ1) is 78.3. The highest BCUT2D eigenvalue weighted by Gasteiger charge is 2.19. The third-order valence-corrected chi connectivity index (χ3v) is 15.4. The molecule has 0 saturated carbocycles. The Kier molecular flexibility index (Phi) is 66.7. The molecule has 0 aliphatic rings. The number of esters is 3. The first-order valence-electron chi connectivity index (χ1n) is 35.2. The third kappa shape index (κ3) is 67.1. The molecule has 0 saturated heterocycles. The van der Waals surface area contributed by atoms with Crippen molar-refractivity contribution < 1.29 is 28.6 Å². The highest BCUT2D eigenvalue weighted by Crippen LogP contribution is 2.18. The number of unbranched alkanes of at least 4 members (excludes halogenated alkanes) is 37. The monoisotopic (exact) mass is 1140 g/mol. The highest BCUT2D eigenvalue weighted by atomic mass is 16.6. The second-order valence-electron chi connectivity index (χ2n) is 23.4. The Bertz CT molecular complexity index is 1590. The summed E-state index contributed by atoms with van der Waals surface area (Å²) < 4.78 is 16.9. The molecule has 0 N–H and O–H groups in total. The van der Waals surface area contributed by atoms with Crippen LogP contribution in [0.4, 0.5) is 0 Å². The molecule has 82 heavy (non-hydrogen) atoms. The number of carbonyl (C=O) groups excluding carboxylic acids is 3. The number of hydrogen-bond donors (Lipinski definition) is 0. The van der Waals surface area contributed by atoms with Crippen LogP contribution in [0.2, 0.25) is 0 Å². The number of allylic oxidation sites excluding steroid dienone is 16. The van der Waals surface area contributed by atoms with Gasteiger partial charge in [0.1, 0.15) is 13.2 Å². The van der Waals surface area contributed by atoms with Crippen LogP contribution in [0.1, 0.15) is 348 Å². The summed E-state index contributed by atoms with van der Waals surface area (Å²) in [5.41, 5.74) is 0. The van der Waals surface area contributed by atoms with Gasteiger partial charge in [0, 0.05) is 19.3 Å². The van der Waals surface area contributed by atoms with Gasteiger partial charge in [-0.15, -0.1) is 0 Å². The van der Waals surface area contributed by atoms with Crippen molar-refractivity contribution in [2.45, 2.75) is 354 Å². The van der Waals surface area contributed by atoms with E-state index in [9.17, 15) is 14.4 Å². The van der Waals surface area contributed by atoms with Crippen LogP contribution in [0, 0.1) is 0 Å². The molecule has 1 unspecified atom stereocenters. The summed E-state index contributed by atoms with van der Waals surface area (Å²) in [6, 6.07) is 0. The maximum Gasteiger partial charge on any atom is 0.306 e. The summed E-state index contributed by atoms with van der Waals surface area (Å²) in [5.74, 6) is -0.917. The van der Waals surface area contributed by atoms with Gasteiger partial charge in [0.15, 0.2) is 6.10 Å². The lowest BCUT2D eigenvalue weighted by molar-refractivity contribution is -0.167. The molecule has 0 bridgehead atoms. The smallest absolute Gasteiger partial charge is 0.306 e. The molecule has 0 rings (SSSR count). The van der Waals surface area contributed by atoms with E-state index in [1.165, 1.54) is 199 Å². The second kappa shape index (κ2) is 69.8. The molecular weight excluding hydrogens is 1010 g/mol. The fraction of sp³-hybridized carbons (Fsp3) is 0.750. The van der Waals surface area contributed by atoms with Crippen molar-refractivity contribution in [3.8, 4) is 0 Å². The summed E-state index contributed by atoms with van der Waals surface area (Å²) in [6.07, 6.45) is 94.5. The van der Waals surface area contributed by atoms with Crippen LogP contribution in [0.25, 0.3) is 0 Å². The minimum absolute atomic E-state index is 0.0873. The van der Waals surface area contributed by atoms with Crippen LogP contribution < -0.4 is 0 Å². The quantitative estimate of drug-likeness (QED) is 0.0261. The van der Waals surface area contributed by atoms with Gasteiger partial charge in [-0.3, -0.25) is 14.4 Å². The van der Waals surface area contributed by atoms with E-state index in [1.54, 1.807) is 0 Å². The lowest BCUT2D eigenvalue weighted by atomic mass is 10.0. The van der Waals surface area contributed by atoms with E-state index in [0.717, 1.165) is 109 Å². The topological polar surface area (TPSA) is 78.9 Å². The molecule has 0 spiro atoms. The molecule has 0 aromatic carbocycles. The largest absolute Gasteiger partial charge is 0.462 e. The van der Waals surface area contributed by atoms with Crippen molar-refractivity contribution >= 4 is 17.9 Å². The molecule has 0 aromatic rings. The molecule has 1 atom stereocenters. The van der Waals surface area contributed by atoms with Gasteiger partial charge in [-0.25, -0.2) is 0 Å². The molecule has 0 fully saturated rings. The summed E-state index contributed by atoms with van der Waals surface area (Å²) in [4.78, 5) is 38.3. The van der Waals surface area contributed by atoms with Crippen molar-refractivity contribution in [1.29, 1.82) is 0 Å². The fourth-order valence-corrected chi connectivity index (χ4v) is 10.1. The first-order valence-corrected chi connectivity index (χ1v) is 35.2. The molecule has 472 valence electrons.